The van der Waals surface area contributed by atoms with E-state index >= 15 is 0 Å². The Morgan fingerprint density at radius 1 is 1.33 bits per heavy atom. The zero-order valence-corrected chi connectivity index (χ0v) is 12.0. The van der Waals surface area contributed by atoms with Gasteiger partial charge in [0.2, 0.25) is 0 Å². The van der Waals surface area contributed by atoms with Crippen molar-refractivity contribution in [1.82, 2.24) is 5.32 Å². The summed E-state index contributed by atoms with van der Waals surface area (Å²) in [6.45, 7) is 2.75. The molecule has 0 aromatic heterocycles. The minimum atomic E-state index is -1.07. The van der Waals surface area contributed by atoms with E-state index in [9.17, 15) is 9.59 Å². The molecular formula is C14H21N3O4. The highest BCUT2D eigenvalue weighted by Gasteiger charge is 2.11. The number of hydrogen-bond acceptors (Lipinski definition) is 4. The first-order chi connectivity index (χ1) is 10.0. The van der Waals surface area contributed by atoms with Gasteiger partial charge < -0.3 is 26.2 Å². The van der Waals surface area contributed by atoms with Crippen molar-refractivity contribution in [2.45, 2.75) is 32.4 Å². The summed E-state index contributed by atoms with van der Waals surface area (Å²) < 4.78 is 5.50. The highest BCUT2D eigenvalue weighted by molar-refractivity contribution is 5.89. The van der Waals surface area contributed by atoms with Crippen LogP contribution in [0.1, 0.15) is 26.2 Å². The van der Waals surface area contributed by atoms with Gasteiger partial charge in [-0.3, -0.25) is 4.79 Å². The van der Waals surface area contributed by atoms with Crippen LogP contribution < -0.4 is 21.1 Å². The van der Waals surface area contributed by atoms with Gasteiger partial charge in [0.25, 0.3) is 0 Å². The highest BCUT2D eigenvalue weighted by atomic mass is 16.5. The van der Waals surface area contributed by atoms with Gasteiger partial charge in [-0.1, -0.05) is 13.3 Å². The van der Waals surface area contributed by atoms with Gasteiger partial charge in [0.05, 0.1) is 19.2 Å². The van der Waals surface area contributed by atoms with E-state index in [1.165, 1.54) is 0 Å². The predicted molar refractivity (Wildman–Crippen MR) is 79.2 cm³/mol. The van der Waals surface area contributed by atoms with Crippen LogP contribution in [0.4, 0.5) is 10.5 Å². The standard InChI is InChI=1S/C14H21N3O4/c1-2-3-8-21-11-6-4-10(5-7-11)16-14(20)17-12(15)9-13(18)19/h4-7,12H,2-3,8-9,15H2,1H3,(H,18,19)(H2,16,17,20). The number of urea groups is 1. The molecule has 1 rings (SSSR count). The average Bonchev–Trinajstić information content (AvgIpc) is 2.39. The normalized spacial score (nSPS) is 11.5. The van der Waals surface area contributed by atoms with Crippen LogP contribution in [-0.2, 0) is 4.79 Å². The number of carboxylic acids is 1. The van der Waals surface area contributed by atoms with Crippen LogP contribution in [-0.4, -0.2) is 29.9 Å². The Hall–Kier alpha value is -2.28. The quantitative estimate of drug-likeness (QED) is 0.431. The summed E-state index contributed by atoms with van der Waals surface area (Å²) in [5.41, 5.74) is 6.02. The molecule has 0 bridgehead atoms. The largest absolute Gasteiger partial charge is 0.494 e. The number of hydrogen-bond donors (Lipinski definition) is 4. The minimum absolute atomic E-state index is 0.336. The Morgan fingerprint density at radius 2 is 2.00 bits per heavy atom. The average molecular weight is 295 g/mol. The van der Waals surface area contributed by atoms with Gasteiger partial charge in [-0.05, 0) is 30.7 Å². The number of carboxylic acid groups (broad SMARTS) is 1. The number of amides is 2. The van der Waals surface area contributed by atoms with Crippen molar-refractivity contribution < 1.29 is 19.4 Å². The van der Waals surface area contributed by atoms with Crippen molar-refractivity contribution in [3.8, 4) is 5.75 Å². The van der Waals surface area contributed by atoms with Gasteiger partial charge >= 0.3 is 12.0 Å². The molecule has 21 heavy (non-hydrogen) atoms. The van der Waals surface area contributed by atoms with Crippen molar-refractivity contribution in [2.75, 3.05) is 11.9 Å². The fraction of sp³-hybridized carbons (Fsp3) is 0.429. The predicted octanol–water partition coefficient (Wildman–Crippen LogP) is 1.75. The van der Waals surface area contributed by atoms with E-state index in [4.69, 9.17) is 15.6 Å². The fourth-order valence-electron chi connectivity index (χ4n) is 1.54. The molecule has 1 aromatic rings. The molecule has 0 aliphatic carbocycles. The van der Waals surface area contributed by atoms with Crippen LogP contribution >= 0.6 is 0 Å². The molecule has 0 aliphatic rings. The summed E-state index contributed by atoms with van der Waals surface area (Å²) in [6, 6.07) is 6.35. The Bertz CT molecular complexity index is 462. The third-order valence-electron chi connectivity index (χ3n) is 2.59. The fourth-order valence-corrected chi connectivity index (χ4v) is 1.54. The molecule has 0 saturated heterocycles. The second-order valence-corrected chi connectivity index (χ2v) is 4.53. The summed E-state index contributed by atoms with van der Waals surface area (Å²) in [6.07, 6.45) is 0.789. The number of aliphatic carboxylic acids is 1. The third kappa shape index (κ3) is 7.17. The van der Waals surface area contributed by atoms with Crippen LogP contribution in [0.3, 0.4) is 0 Å². The molecule has 5 N–H and O–H groups in total. The Labute approximate surface area is 123 Å². The first-order valence-electron chi connectivity index (χ1n) is 6.79. The lowest BCUT2D eigenvalue weighted by atomic mass is 10.3. The summed E-state index contributed by atoms with van der Waals surface area (Å²) in [5, 5.41) is 13.4. The maximum Gasteiger partial charge on any atom is 0.320 e. The van der Waals surface area contributed by atoms with Gasteiger partial charge in [0.1, 0.15) is 5.75 Å². The number of nitrogens with one attached hydrogen (secondary N) is 2. The monoisotopic (exact) mass is 295 g/mol. The van der Waals surface area contributed by atoms with Gasteiger partial charge in [-0.25, -0.2) is 4.79 Å². The van der Waals surface area contributed by atoms with Gasteiger partial charge in [0, 0.05) is 5.69 Å². The molecule has 0 radical (unpaired) electrons. The number of nitrogens with two attached hydrogens (primary N) is 1. The van der Waals surface area contributed by atoms with Crippen molar-refractivity contribution in [1.29, 1.82) is 0 Å². The lowest BCUT2D eigenvalue weighted by molar-refractivity contribution is -0.137. The zero-order chi connectivity index (χ0) is 15.7. The van der Waals surface area contributed by atoms with Crippen molar-refractivity contribution in [2.24, 2.45) is 5.73 Å². The van der Waals surface area contributed by atoms with Gasteiger partial charge in [-0.15, -0.1) is 0 Å². The molecule has 116 valence electrons. The molecule has 1 unspecified atom stereocenters. The maximum atomic E-state index is 11.6. The third-order valence-corrected chi connectivity index (χ3v) is 2.59. The Morgan fingerprint density at radius 3 is 2.57 bits per heavy atom. The van der Waals surface area contributed by atoms with Crippen LogP contribution in [0.2, 0.25) is 0 Å². The minimum Gasteiger partial charge on any atom is -0.494 e. The van der Waals surface area contributed by atoms with Crippen LogP contribution in [0.5, 0.6) is 5.75 Å². The van der Waals surface area contributed by atoms with Gasteiger partial charge in [0.15, 0.2) is 0 Å². The number of carbonyl (C=O) groups is 2. The SMILES string of the molecule is CCCCOc1ccc(NC(=O)NC(N)CC(=O)O)cc1. The highest BCUT2D eigenvalue weighted by Crippen LogP contribution is 2.15. The Kier molecular flexibility index (Phi) is 7.03. The Balaban J connectivity index is 2.40. The molecule has 0 spiro atoms. The summed E-state index contributed by atoms with van der Waals surface area (Å²) in [5.74, 6) is -0.339. The number of carbonyl (C=O) groups excluding carboxylic acids is 1. The smallest absolute Gasteiger partial charge is 0.320 e. The molecule has 1 aromatic carbocycles. The van der Waals surface area contributed by atoms with E-state index in [0.29, 0.717) is 12.3 Å². The lowest BCUT2D eigenvalue weighted by Crippen LogP contribution is -2.44. The first kappa shape index (κ1) is 16.8. The zero-order valence-electron chi connectivity index (χ0n) is 12.0. The molecule has 2 amide bonds. The van der Waals surface area contributed by atoms with Crippen molar-refractivity contribution in [3.63, 3.8) is 0 Å². The second kappa shape index (κ2) is 8.80. The first-order valence-corrected chi connectivity index (χ1v) is 6.79. The number of benzene rings is 1. The number of rotatable bonds is 8. The second-order valence-electron chi connectivity index (χ2n) is 4.53. The number of ether oxygens (including phenoxy) is 1. The molecular weight excluding hydrogens is 274 g/mol. The van der Waals surface area contributed by atoms with Gasteiger partial charge in [-0.2, -0.15) is 0 Å². The molecule has 1 atom stereocenters. The molecule has 7 heteroatoms. The number of anilines is 1. The van der Waals surface area contributed by atoms with E-state index in [1.807, 2.05) is 0 Å². The van der Waals surface area contributed by atoms with E-state index in [0.717, 1.165) is 18.6 Å². The van der Waals surface area contributed by atoms with Crippen LogP contribution in [0.25, 0.3) is 0 Å². The summed E-state index contributed by atoms with van der Waals surface area (Å²) >= 11 is 0. The molecule has 0 aliphatic heterocycles. The van der Waals surface area contributed by atoms with E-state index in [1.54, 1.807) is 24.3 Å². The van der Waals surface area contributed by atoms with Crippen molar-refractivity contribution in [3.05, 3.63) is 24.3 Å². The summed E-state index contributed by atoms with van der Waals surface area (Å²) in [7, 11) is 0. The maximum absolute atomic E-state index is 11.6. The molecule has 0 saturated carbocycles. The van der Waals surface area contributed by atoms with Crippen LogP contribution in [0.15, 0.2) is 24.3 Å². The topological polar surface area (TPSA) is 114 Å². The van der Waals surface area contributed by atoms with Crippen LogP contribution in [0, 0.1) is 0 Å². The molecule has 0 heterocycles. The molecule has 0 fully saturated rings. The van der Waals surface area contributed by atoms with E-state index in [2.05, 4.69) is 17.6 Å². The van der Waals surface area contributed by atoms with E-state index in [-0.39, 0.29) is 6.42 Å². The number of unbranched alkanes of at least 4 members (excludes halogenated alkanes) is 1. The summed E-state index contributed by atoms with van der Waals surface area (Å²) in [4.78, 5) is 22.0. The van der Waals surface area contributed by atoms with Crippen molar-refractivity contribution >= 4 is 17.7 Å². The molecule has 7 nitrogen and oxygen atoms in total. The lowest BCUT2D eigenvalue weighted by Gasteiger charge is -2.13. The van der Waals surface area contributed by atoms with E-state index < -0.39 is 18.2 Å².